The number of ether oxygens (including phenoxy) is 1. The maximum Gasteiger partial charge on any atom is 0.250 e. The van der Waals surface area contributed by atoms with Crippen LogP contribution in [-0.2, 0) is 21.3 Å². The van der Waals surface area contributed by atoms with Gasteiger partial charge in [-0.25, -0.2) is 13.1 Å². The zero-order valence-electron chi connectivity index (χ0n) is 10.9. The molecule has 7 heteroatoms. The lowest BCUT2D eigenvalue weighted by Gasteiger charge is -2.12. The molecule has 0 amide bonds. The van der Waals surface area contributed by atoms with E-state index in [1.807, 2.05) is 13.8 Å². The highest BCUT2D eigenvalue weighted by Gasteiger charge is 2.20. The van der Waals surface area contributed by atoms with Crippen molar-refractivity contribution in [1.29, 1.82) is 0 Å². The number of rotatable bonds is 7. The summed E-state index contributed by atoms with van der Waals surface area (Å²) in [5.74, 6) is 0. The van der Waals surface area contributed by atoms with Crippen molar-refractivity contribution in [3.05, 3.63) is 16.5 Å². The first kappa shape index (κ1) is 15.6. The molecule has 0 radical (unpaired) electrons. The second kappa shape index (κ2) is 6.63. The maximum atomic E-state index is 12.1. The van der Waals surface area contributed by atoms with Gasteiger partial charge in [-0.05, 0) is 32.4 Å². The van der Waals surface area contributed by atoms with Gasteiger partial charge in [0.2, 0.25) is 10.0 Å². The van der Waals surface area contributed by atoms with Gasteiger partial charge in [-0.2, -0.15) is 0 Å². The fourth-order valence-corrected chi connectivity index (χ4v) is 4.19. The lowest BCUT2D eigenvalue weighted by atomic mass is 10.3. The highest BCUT2D eigenvalue weighted by Crippen LogP contribution is 2.25. The molecule has 1 aromatic heterocycles. The third kappa shape index (κ3) is 4.03. The zero-order chi connectivity index (χ0) is 13.8. The molecule has 0 fully saturated rings. The van der Waals surface area contributed by atoms with Crippen LogP contribution in [0, 0.1) is 6.92 Å². The summed E-state index contributed by atoms with van der Waals surface area (Å²) in [6.07, 6.45) is 0. The molecule has 1 heterocycles. The smallest absolute Gasteiger partial charge is 0.250 e. The van der Waals surface area contributed by atoms with E-state index in [0.29, 0.717) is 24.0 Å². The molecule has 0 bridgehead atoms. The van der Waals surface area contributed by atoms with Gasteiger partial charge in [0.15, 0.2) is 0 Å². The third-order valence-corrected chi connectivity index (χ3v) is 5.70. The molecule has 104 valence electrons. The average Bonchev–Trinajstić information content (AvgIpc) is 2.68. The number of nitrogens with one attached hydrogen (secondary N) is 1. The van der Waals surface area contributed by atoms with Gasteiger partial charge in [0.05, 0.1) is 6.61 Å². The van der Waals surface area contributed by atoms with Gasteiger partial charge in [0.1, 0.15) is 4.21 Å². The van der Waals surface area contributed by atoms with Crippen molar-refractivity contribution in [3.8, 4) is 0 Å². The van der Waals surface area contributed by atoms with Crippen LogP contribution in [-0.4, -0.2) is 27.7 Å². The standard InChI is InChI=1S/C11H20N2O3S2/c1-4-16-7-9(3)13-18(14,15)11-5-8(2)10(6-12)17-11/h5,9,13H,4,6-7,12H2,1-3H3. The normalized spacial score (nSPS) is 13.8. The summed E-state index contributed by atoms with van der Waals surface area (Å²) in [7, 11) is -3.47. The molecule has 1 unspecified atom stereocenters. The number of sulfonamides is 1. The van der Waals surface area contributed by atoms with Crippen LogP contribution < -0.4 is 10.5 Å². The molecule has 0 aliphatic carbocycles. The van der Waals surface area contributed by atoms with Crippen LogP contribution in [0.3, 0.4) is 0 Å². The second-order valence-corrected chi connectivity index (χ2v) is 7.14. The quantitative estimate of drug-likeness (QED) is 0.791. The molecular formula is C11H20N2O3S2. The first-order valence-corrected chi connectivity index (χ1v) is 8.10. The fraction of sp³-hybridized carbons (Fsp3) is 0.636. The third-order valence-electron chi connectivity index (χ3n) is 2.38. The number of hydrogen-bond donors (Lipinski definition) is 2. The maximum absolute atomic E-state index is 12.1. The number of hydrogen-bond acceptors (Lipinski definition) is 5. The molecule has 0 saturated carbocycles. The van der Waals surface area contributed by atoms with Crippen molar-refractivity contribution in [3.63, 3.8) is 0 Å². The van der Waals surface area contributed by atoms with E-state index in [1.54, 1.807) is 13.0 Å². The van der Waals surface area contributed by atoms with Crippen molar-refractivity contribution >= 4 is 21.4 Å². The fourth-order valence-electron chi connectivity index (χ4n) is 1.48. The molecule has 0 aliphatic heterocycles. The predicted octanol–water partition coefficient (Wildman–Crippen LogP) is 1.22. The Kier molecular flexibility index (Phi) is 5.74. The van der Waals surface area contributed by atoms with Crippen LogP contribution in [0.2, 0.25) is 0 Å². The molecular weight excluding hydrogens is 272 g/mol. The van der Waals surface area contributed by atoms with Crippen LogP contribution in [0.25, 0.3) is 0 Å². The van der Waals surface area contributed by atoms with Gasteiger partial charge in [-0.3, -0.25) is 0 Å². The summed E-state index contributed by atoms with van der Waals surface area (Å²) >= 11 is 1.22. The molecule has 0 aliphatic rings. The average molecular weight is 292 g/mol. The summed E-state index contributed by atoms with van der Waals surface area (Å²) < 4.78 is 32.3. The van der Waals surface area contributed by atoms with Crippen LogP contribution in [0.5, 0.6) is 0 Å². The van der Waals surface area contributed by atoms with Crippen LogP contribution in [0.15, 0.2) is 10.3 Å². The predicted molar refractivity (Wildman–Crippen MR) is 73.2 cm³/mol. The summed E-state index contributed by atoms with van der Waals surface area (Å²) in [5.41, 5.74) is 6.47. The van der Waals surface area contributed by atoms with E-state index in [4.69, 9.17) is 10.5 Å². The molecule has 5 nitrogen and oxygen atoms in total. The topological polar surface area (TPSA) is 81.4 Å². The van der Waals surface area contributed by atoms with E-state index >= 15 is 0 Å². The molecule has 1 aromatic rings. The molecule has 18 heavy (non-hydrogen) atoms. The first-order valence-electron chi connectivity index (χ1n) is 5.80. The van der Waals surface area contributed by atoms with Gasteiger partial charge < -0.3 is 10.5 Å². The molecule has 0 aromatic carbocycles. The van der Waals surface area contributed by atoms with Crippen LogP contribution >= 0.6 is 11.3 Å². The van der Waals surface area contributed by atoms with Crippen molar-refractivity contribution in [1.82, 2.24) is 4.72 Å². The minimum atomic E-state index is -3.47. The Bertz CT molecular complexity index is 482. The number of aryl methyl sites for hydroxylation is 1. The Labute approximate surface area is 112 Å². The second-order valence-electron chi connectivity index (χ2n) is 4.06. The van der Waals surface area contributed by atoms with Crippen molar-refractivity contribution in [2.45, 2.75) is 37.6 Å². The van der Waals surface area contributed by atoms with Crippen LogP contribution in [0.4, 0.5) is 0 Å². The lowest BCUT2D eigenvalue weighted by Crippen LogP contribution is -2.35. The van der Waals surface area contributed by atoms with Gasteiger partial charge in [-0.15, -0.1) is 11.3 Å². The van der Waals surface area contributed by atoms with Crippen molar-refractivity contribution < 1.29 is 13.2 Å². The summed E-state index contributed by atoms with van der Waals surface area (Å²) in [4.78, 5) is 0.896. The van der Waals surface area contributed by atoms with E-state index in [0.717, 1.165) is 10.4 Å². The minimum Gasteiger partial charge on any atom is -0.380 e. The Hall–Kier alpha value is -0.470. The Morgan fingerprint density at radius 1 is 1.56 bits per heavy atom. The Balaban J connectivity index is 2.79. The monoisotopic (exact) mass is 292 g/mol. The molecule has 0 saturated heterocycles. The number of thiophene rings is 1. The van der Waals surface area contributed by atoms with Gasteiger partial charge in [0.25, 0.3) is 0 Å². The van der Waals surface area contributed by atoms with E-state index in [-0.39, 0.29) is 6.04 Å². The van der Waals surface area contributed by atoms with E-state index in [2.05, 4.69) is 4.72 Å². The highest BCUT2D eigenvalue weighted by molar-refractivity contribution is 7.91. The van der Waals surface area contributed by atoms with Gasteiger partial charge >= 0.3 is 0 Å². The first-order chi connectivity index (χ1) is 8.40. The SMILES string of the molecule is CCOCC(C)NS(=O)(=O)c1cc(C)c(CN)s1. The highest BCUT2D eigenvalue weighted by atomic mass is 32.2. The van der Waals surface area contributed by atoms with Crippen molar-refractivity contribution in [2.24, 2.45) is 5.73 Å². The number of nitrogens with two attached hydrogens (primary N) is 1. The molecule has 3 N–H and O–H groups in total. The molecule has 1 rings (SSSR count). The van der Waals surface area contributed by atoms with E-state index in [1.165, 1.54) is 11.3 Å². The van der Waals surface area contributed by atoms with E-state index in [9.17, 15) is 8.42 Å². The summed E-state index contributed by atoms with van der Waals surface area (Å²) in [6, 6.07) is 1.40. The Morgan fingerprint density at radius 3 is 2.72 bits per heavy atom. The van der Waals surface area contributed by atoms with Crippen molar-refractivity contribution in [2.75, 3.05) is 13.2 Å². The summed E-state index contributed by atoms with van der Waals surface area (Å²) in [6.45, 7) is 6.81. The van der Waals surface area contributed by atoms with Gasteiger partial charge in [-0.1, -0.05) is 0 Å². The Morgan fingerprint density at radius 2 is 2.22 bits per heavy atom. The van der Waals surface area contributed by atoms with E-state index < -0.39 is 10.0 Å². The minimum absolute atomic E-state index is 0.251. The molecule has 0 spiro atoms. The largest absolute Gasteiger partial charge is 0.380 e. The zero-order valence-corrected chi connectivity index (χ0v) is 12.5. The molecule has 1 atom stereocenters. The lowest BCUT2D eigenvalue weighted by molar-refractivity contribution is 0.133. The van der Waals surface area contributed by atoms with Crippen LogP contribution in [0.1, 0.15) is 24.3 Å². The van der Waals surface area contributed by atoms with Gasteiger partial charge in [0, 0.05) is 24.1 Å². The summed E-state index contributed by atoms with van der Waals surface area (Å²) in [5, 5.41) is 0.